The minimum absolute atomic E-state index is 0.0144. The molecule has 0 aliphatic heterocycles. The van der Waals surface area contributed by atoms with Gasteiger partial charge in [0.2, 0.25) is 5.78 Å². The lowest BCUT2D eigenvalue weighted by Crippen LogP contribution is -2.08. The number of aromatic nitrogens is 1. The van der Waals surface area contributed by atoms with Crippen LogP contribution in [-0.4, -0.2) is 30.6 Å². The van der Waals surface area contributed by atoms with Gasteiger partial charge in [0.25, 0.3) is 0 Å². The van der Waals surface area contributed by atoms with Gasteiger partial charge in [-0.1, -0.05) is 12.1 Å². The molecule has 3 rings (SSSR count). The number of pyridine rings is 1. The van der Waals surface area contributed by atoms with Gasteiger partial charge in [0.15, 0.2) is 11.5 Å². The Morgan fingerprint density at radius 1 is 1.11 bits per heavy atom. The van der Waals surface area contributed by atoms with Crippen LogP contribution in [0.3, 0.4) is 0 Å². The van der Waals surface area contributed by atoms with E-state index in [-0.39, 0.29) is 11.9 Å². The maximum absolute atomic E-state index is 13.1. The van der Waals surface area contributed by atoms with Gasteiger partial charge in [0, 0.05) is 17.1 Å². The van der Waals surface area contributed by atoms with Crippen molar-refractivity contribution in [2.24, 2.45) is 0 Å². The molecule has 1 heterocycles. The first-order valence-corrected chi connectivity index (χ1v) is 8.94. The summed E-state index contributed by atoms with van der Waals surface area (Å²) in [6.45, 7) is 6.36. The van der Waals surface area contributed by atoms with Crippen LogP contribution in [-0.2, 0) is 0 Å². The molecule has 0 spiro atoms. The second-order valence-corrected chi connectivity index (χ2v) is 6.34. The fourth-order valence-electron chi connectivity index (χ4n) is 2.90. The quantitative estimate of drug-likeness (QED) is 0.570. The lowest BCUT2D eigenvalue weighted by Gasteiger charge is -2.15. The smallest absolute Gasteiger partial charge is 0.212 e. The summed E-state index contributed by atoms with van der Waals surface area (Å²) in [5, 5.41) is 1.59. The molecule has 0 bridgehead atoms. The Hall–Kier alpha value is -3.08. The van der Waals surface area contributed by atoms with Crippen molar-refractivity contribution in [3.05, 3.63) is 59.9 Å². The molecule has 2 aromatic carbocycles. The summed E-state index contributed by atoms with van der Waals surface area (Å²) in [6, 6.07) is 12.7. The van der Waals surface area contributed by atoms with E-state index in [1.807, 2.05) is 39.0 Å². The average molecular weight is 365 g/mol. The summed E-state index contributed by atoms with van der Waals surface area (Å²) in [5.74, 6) is 1.71. The number of rotatable bonds is 7. The third-order valence-corrected chi connectivity index (χ3v) is 4.03. The molecule has 3 aromatic rings. The highest BCUT2D eigenvalue weighted by atomic mass is 16.5. The molecule has 27 heavy (non-hydrogen) atoms. The van der Waals surface area contributed by atoms with Gasteiger partial charge < -0.3 is 14.2 Å². The minimum atomic E-state index is -0.165. The second-order valence-electron chi connectivity index (χ2n) is 6.34. The van der Waals surface area contributed by atoms with Gasteiger partial charge in [-0.3, -0.25) is 9.78 Å². The highest BCUT2D eigenvalue weighted by Gasteiger charge is 2.18. The number of methoxy groups -OCH3 is 1. The number of carbonyl (C=O) groups is 1. The van der Waals surface area contributed by atoms with Gasteiger partial charge >= 0.3 is 0 Å². The van der Waals surface area contributed by atoms with E-state index in [1.54, 1.807) is 37.6 Å². The largest absolute Gasteiger partial charge is 0.494 e. The first-order chi connectivity index (χ1) is 13.0. The predicted octanol–water partition coefficient (Wildman–Crippen LogP) is 4.66. The van der Waals surface area contributed by atoms with Gasteiger partial charge in [0.1, 0.15) is 11.4 Å². The Morgan fingerprint density at radius 3 is 2.63 bits per heavy atom. The molecule has 0 aliphatic rings. The molecule has 5 nitrogen and oxygen atoms in total. The van der Waals surface area contributed by atoms with E-state index in [4.69, 9.17) is 14.2 Å². The molecule has 0 aliphatic carbocycles. The Kier molecular flexibility index (Phi) is 5.60. The first kappa shape index (κ1) is 18.7. The zero-order valence-corrected chi connectivity index (χ0v) is 16.0. The fourth-order valence-corrected chi connectivity index (χ4v) is 2.90. The van der Waals surface area contributed by atoms with Crippen LogP contribution in [0.5, 0.6) is 17.2 Å². The highest BCUT2D eigenvalue weighted by Crippen LogP contribution is 2.34. The van der Waals surface area contributed by atoms with Crippen LogP contribution in [0, 0.1) is 0 Å². The van der Waals surface area contributed by atoms with Crippen molar-refractivity contribution in [2.45, 2.75) is 26.9 Å². The second kappa shape index (κ2) is 8.08. The van der Waals surface area contributed by atoms with Gasteiger partial charge in [-0.2, -0.15) is 0 Å². The topological polar surface area (TPSA) is 57.7 Å². The lowest BCUT2D eigenvalue weighted by atomic mass is 10.0. The molecule has 0 amide bonds. The van der Waals surface area contributed by atoms with E-state index in [9.17, 15) is 4.79 Å². The zero-order valence-electron chi connectivity index (χ0n) is 16.0. The highest BCUT2D eigenvalue weighted by molar-refractivity contribution is 6.15. The molecule has 5 heteroatoms. The van der Waals surface area contributed by atoms with E-state index >= 15 is 0 Å². The molecular weight excluding hydrogens is 342 g/mol. The maximum atomic E-state index is 13.1. The average Bonchev–Trinajstić information content (AvgIpc) is 2.66. The zero-order chi connectivity index (χ0) is 19.4. The Bertz CT molecular complexity index is 966. The van der Waals surface area contributed by atoms with E-state index in [1.165, 1.54) is 0 Å². The molecule has 0 fully saturated rings. The van der Waals surface area contributed by atoms with Gasteiger partial charge in [-0.05, 0) is 56.5 Å². The van der Waals surface area contributed by atoms with Crippen molar-refractivity contribution in [3.8, 4) is 17.2 Å². The SMILES string of the molecule is CCOc1cccc(C(=O)c2nccc3cc(OC(C)C)c(OC)cc23)c1. The molecule has 0 saturated carbocycles. The van der Waals surface area contributed by atoms with Crippen molar-refractivity contribution >= 4 is 16.6 Å². The normalized spacial score (nSPS) is 10.9. The molecular formula is C22H23NO4. The van der Waals surface area contributed by atoms with Gasteiger partial charge in [0.05, 0.1) is 19.8 Å². The van der Waals surface area contributed by atoms with Crippen molar-refractivity contribution in [2.75, 3.05) is 13.7 Å². The summed E-state index contributed by atoms with van der Waals surface area (Å²) >= 11 is 0. The van der Waals surface area contributed by atoms with Crippen LogP contribution in [0.15, 0.2) is 48.7 Å². The van der Waals surface area contributed by atoms with Crippen LogP contribution in [0.1, 0.15) is 36.8 Å². The number of hydrogen-bond acceptors (Lipinski definition) is 5. The van der Waals surface area contributed by atoms with Crippen molar-refractivity contribution < 1.29 is 19.0 Å². The summed E-state index contributed by atoms with van der Waals surface area (Å²) in [4.78, 5) is 17.4. The summed E-state index contributed by atoms with van der Waals surface area (Å²) < 4.78 is 16.8. The molecule has 0 atom stereocenters. The minimum Gasteiger partial charge on any atom is -0.494 e. The molecule has 0 N–H and O–H groups in total. The van der Waals surface area contributed by atoms with E-state index in [0.717, 1.165) is 10.8 Å². The fraction of sp³-hybridized carbons (Fsp3) is 0.273. The number of ketones is 1. The Labute approximate surface area is 158 Å². The number of fused-ring (bicyclic) bond motifs is 1. The lowest BCUT2D eigenvalue weighted by molar-refractivity contribution is 0.103. The van der Waals surface area contributed by atoms with Crippen LogP contribution in [0.2, 0.25) is 0 Å². The molecule has 1 aromatic heterocycles. The standard InChI is InChI=1S/C22H23NO4/c1-5-26-17-8-6-7-16(11-17)22(24)21-18-13-19(25-4)20(27-14(2)3)12-15(18)9-10-23-21/h6-14H,5H2,1-4H3. The number of benzene rings is 2. The third-order valence-electron chi connectivity index (χ3n) is 4.03. The monoisotopic (exact) mass is 365 g/mol. The summed E-state index contributed by atoms with van der Waals surface area (Å²) in [6.07, 6.45) is 1.65. The third kappa shape index (κ3) is 4.03. The van der Waals surface area contributed by atoms with E-state index < -0.39 is 0 Å². The van der Waals surface area contributed by atoms with Crippen LogP contribution < -0.4 is 14.2 Å². The van der Waals surface area contributed by atoms with Crippen molar-refractivity contribution in [1.29, 1.82) is 0 Å². The molecule has 140 valence electrons. The van der Waals surface area contributed by atoms with Crippen LogP contribution in [0.4, 0.5) is 0 Å². The van der Waals surface area contributed by atoms with E-state index in [2.05, 4.69) is 4.98 Å². The number of carbonyl (C=O) groups excluding carboxylic acids is 1. The molecule has 0 unspecified atom stereocenters. The summed E-state index contributed by atoms with van der Waals surface area (Å²) in [7, 11) is 1.58. The van der Waals surface area contributed by atoms with Gasteiger partial charge in [-0.25, -0.2) is 0 Å². The number of nitrogens with zero attached hydrogens (tertiary/aromatic N) is 1. The number of ether oxygens (including phenoxy) is 3. The molecule has 0 radical (unpaired) electrons. The molecule has 0 saturated heterocycles. The van der Waals surface area contributed by atoms with Crippen LogP contribution >= 0.6 is 0 Å². The Balaban J connectivity index is 2.09. The Morgan fingerprint density at radius 2 is 1.93 bits per heavy atom. The maximum Gasteiger partial charge on any atom is 0.212 e. The van der Waals surface area contributed by atoms with Crippen molar-refractivity contribution in [3.63, 3.8) is 0 Å². The predicted molar refractivity (Wildman–Crippen MR) is 105 cm³/mol. The summed E-state index contributed by atoms with van der Waals surface area (Å²) in [5.41, 5.74) is 0.901. The van der Waals surface area contributed by atoms with E-state index in [0.29, 0.717) is 35.1 Å². The first-order valence-electron chi connectivity index (χ1n) is 8.94. The van der Waals surface area contributed by atoms with Crippen LogP contribution in [0.25, 0.3) is 10.8 Å². The van der Waals surface area contributed by atoms with Gasteiger partial charge in [-0.15, -0.1) is 0 Å². The van der Waals surface area contributed by atoms with Crippen molar-refractivity contribution in [1.82, 2.24) is 4.98 Å². The number of hydrogen-bond donors (Lipinski definition) is 0.